The van der Waals surface area contributed by atoms with E-state index in [9.17, 15) is 8.42 Å². The van der Waals surface area contributed by atoms with E-state index in [0.29, 0.717) is 5.69 Å². The van der Waals surface area contributed by atoms with Gasteiger partial charge in [0.2, 0.25) is 0 Å². The lowest BCUT2D eigenvalue weighted by Crippen LogP contribution is -2.13. The molecule has 0 fully saturated rings. The van der Waals surface area contributed by atoms with Gasteiger partial charge in [-0.05, 0) is 37.6 Å². The van der Waals surface area contributed by atoms with E-state index in [1.807, 2.05) is 26.0 Å². The number of anilines is 1. The average molecular weight is 262 g/mol. The summed E-state index contributed by atoms with van der Waals surface area (Å²) in [4.78, 5) is 3.97. The van der Waals surface area contributed by atoms with Crippen LogP contribution in [0.2, 0.25) is 0 Å². The lowest BCUT2D eigenvalue weighted by molar-refractivity contribution is 0.601. The molecule has 2 aromatic rings. The van der Waals surface area contributed by atoms with Crippen molar-refractivity contribution in [2.24, 2.45) is 0 Å². The zero-order valence-corrected chi connectivity index (χ0v) is 11.0. The highest BCUT2D eigenvalue weighted by molar-refractivity contribution is 7.92. The Morgan fingerprint density at radius 3 is 2.56 bits per heavy atom. The molecule has 1 heterocycles. The van der Waals surface area contributed by atoms with Crippen LogP contribution in [-0.4, -0.2) is 13.4 Å². The monoisotopic (exact) mass is 262 g/mol. The summed E-state index contributed by atoms with van der Waals surface area (Å²) < 4.78 is 26.7. The van der Waals surface area contributed by atoms with Gasteiger partial charge < -0.3 is 0 Å². The Bertz CT molecular complexity index is 652. The fourth-order valence-electron chi connectivity index (χ4n) is 1.64. The molecule has 18 heavy (non-hydrogen) atoms. The SMILES string of the molecule is Cc1ccc(NS(=O)(=O)c2cccnc2)c(C)c1. The first kappa shape index (κ1) is 12.6. The van der Waals surface area contributed by atoms with E-state index < -0.39 is 10.0 Å². The van der Waals surface area contributed by atoms with Gasteiger partial charge in [-0.3, -0.25) is 9.71 Å². The van der Waals surface area contributed by atoms with Crippen molar-refractivity contribution in [2.45, 2.75) is 18.7 Å². The molecule has 0 unspecified atom stereocenters. The predicted octanol–water partition coefficient (Wildman–Crippen LogP) is 2.50. The number of pyridine rings is 1. The van der Waals surface area contributed by atoms with E-state index in [4.69, 9.17) is 0 Å². The topological polar surface area (TPSA) is 59.1 Å². The van der Waals surface area contributed by atoms with Crippen molar-refractivity contribution in [3.8, 4) is 0 Å². The largest absolute Gasteiger partial charge is 0.279 e. The van der Waals surface area contributed by atoms with Crippen LogP contribution in [-0.2, 0) is 10.0 Å². The molecule has 0 saturated heterocycles. The molecule has 2 rings (SSSR count). The van der Waals surface area contributed by atoms with Crippen LogP contribution in [0.25, 0.3) is 0 Å². The van der Waals surface area contributed by atoms with Crippen LogP contribution in [0.5, 0.6) is 0 Å². The number of benzene rings is 1. The Morgan fingerprint density at radius 1 is 1.17 bits per heavy atom. The van der Waals surface area contributed by atoms with Crippen LogP contribution < -0.4 is 4.72 Å². The normalized spacial score (nSPS) is 11.2. The van der Waals surface area contributed by atoms with Crippen LogP contribution in [0.1, 0.15) is 11.1 Å². The molecule has 0 radical (unpaired) electrons. The van der Waals surface area contributed by atoms with Gasteiger partial charge in [0.1, 0.15) is 4.90 Å². The minimum Gasteiger partial charge on any atom is -0.279 e. The summed E-state index contributed by atoms with van der Waals surface area (Å²) in [5.41, 5.74) is 2.57. The fraction of sp³-hybridized carbons (Fsp3) is 0.154. The first-order valence-corrected chi connectivity index (χ1v) is 6.97. The second-order valence-electron chi connectivity index (χ2n) is 4.11. The first-order valence-electron chi connectivity index (χ1n) is 5.49. The summed E-state index contributed by atoms with van der Waals surface area (Å²) in [7, 11) is -3.56. The molecule has 0 spiro atoms. The molecule has 0 bridgehead atoms. The number of hydrogen-bond donors (Lipinski definition) is 1. The Balaban J connectivity index is 2.34. The number of aromatic nitrogens is 1. The van der Waals surface area contributed by atoms with Gasteiger partial charge in [0.05, 0.1) is 5.69 Å². The Morgan fingerprint density at radius 2 is 1.94 bits per heavy atom. The van der Waals surface area contributed by atoms with Crippen molar-refractivity contribution >= 4 is 15.7 Å². The quantitative estimate of drug-likeness (QED) is 0.924. The maximum absolute atomic E-state index is 12.1. The lowest BCUT2D eigenvalue weighted by atomic mass is 10.1. The molecule has 1 N–H and O–H groups in total. The maximum Gasteiger partial charge on any atom is 0.263 e. The van der Waals surface area contributed by atoms with Gasteiger partial charge in [-0.2, -0.15) is 0 Å². The van der Waals surface area contributed by atoms with Crippen molar-refractivity contribution in [3.63, 3.8) is 0 Å². The Hall–Kier alpha value is -1.88. The summed E-state index contributed by atoms with van der Waals surface area (Å²) in [6, 6.07) is 8.67. The summed E-state index contributed by atoms with van der Waals surface area (Å²) in [5, 5.41) is 0. The molecule has 0 atom stereocenters. The van der Waals surface area contributed by atoms with Gasteiger partial charge in [-0.1, -0.05) is 17.7 Å². The average Bonchev–Trinajstić information content (AvgIpc) is 2.34. The van der Waals surface area contributed by atoms with E-state index in [-0.39, 0.29) is 4.90 Å². The molecule has 0 saturated carbocycles. The third kappa shape index (κ3) is 2.68. The first-order chi connectivity index (χ1) is 8.49. The molecule has 1 aromatic heterocycles. The van der Waals surface area contributed by atoms with E-state index in [1.165, 1.54) is 18.5 Å². The summed E-state index contributed by atoms with van der Waals surface area (Å²) >= 11 is 0. The molecule has 0 aliphatic rings. The molecule has 0 aliphatic heterocycles. The molecule has 5 heteroatoms. The van der Waals surface area contributed by atoms with Crippen molar-refractivity contribution in [2.75, 3.05) is 4.72 Å². The number of nitrogens with one attached hydrogen (secondary N) is 1. The van der Waals surface area contributed by atoms with Crippen molar-refractivity contribution in [1.29, 1.82) is 0 Å². The van der Waals surface area contributed by atoms with E-state index in [1.54, 1.807) is 12.1 Å². The summed E-state index contributed by atoms with van der Waals surface area (Å²) in [6.45, 7) is 3.83. The Labute approximate surface area is 107 Å². The molecular formula is C13H14N2O2S. The van der Waals surface area contributed by atoms with E-state index >= 15 is 0 Å². The number of rotatable bonds is 3. The van der Waals surface area contributed by atoms with Gasteiger partial charge in [-0.15, -0.1) is 0 Å². The second-order valence-corrected chi connectivity index (χ2v) is 5.80. The highest BCUT2D eigenvalue weighted by Gasteiger charge is 2.14. The summed E-state index contributed by atoms with van der Waals surface area (Å²) in [6.07, 6.45) is 2.86. The molecular weight excluding hydrogens is 248 g/mol. The number of sulfonamides is 1. The van der Waals surface area contributed by atoms with E-state index in [2.05, 4.69) is 9.71 Å². The van der Waals surface area contributed by atoms with Crippen LogP contribution in [0, 0.1) is 13.8 Å². The molecule has 4 nitrogen and oxygen atoms in total. The van der Waals surface area contributed by atoms with Crippen LogP contribution in [0.4, 0.5) is 5.69 Å². The van der Waals surface area contributed by atoms with Gasteiger partial charge in [0.25, 0.3) is 10.0 Å². The van der Waals surface area contributed by atoms with Crippen molar-refractivity contribution in [3.05, 3.63) is 53.9 Å². The van der Waals surface area contributed by atoms with Gasteiger partial charge in [-0.25, -0.2) is 8.42 Å². The smallest absolute Gasteiger partial charge is 0.263 e. The Kier molecular flexibility index (Phi) is 3.34. The molecule has 1 aromatic carbocycles. The van der Waals surface area contributed by atoms with Gasteiger partial charge >= 0.3 is 0 Å². The second kappa shape index (κ2) is 4.78. The third-order valence-corrected chi connectivity index (χ3v) is 3.92. The van der Waals surface area contributed by atoms with E-state index in [0.717, 1.165) is 11.1 Å². The zero-order valence-electron chi connectivity index (χ0n) is 10.2. The highest BCUT2D eigenvalue weighted by atomic mass is 32.2. The van der Waals surface area contributed by atoms with Crippen molar-refractivity contribution in [1.82, 2.24) is 4.98 Å². The van der Waals surface area contributed by atoms with Crippen LogP contribution >= 0.6 is 0 Å². The molecule has 0 amide bonds. The van der Waals surface area contributed by atoms with Gasteiger partial charge in [0.15, 0.2) is 0 Å². The van der Waals surface area contributed by atoms with Crippen LogP contribution in [0.15, 0.2) is 47.6 Å². The van der Waals surface area contributed by atoms with Crippen molar-refractivity contribution < 1.29 is 8.42 Å². The molecule has 0 aliphatic carbocycles. The highest BCUT2D eigenvalue weighted by Crippen LogP contribution is 2.20. The molecule has 94 valence electrons. The minimum atomic E-state index is -3.56. The standard InChI is InChI=1S/C13H14N2O2S/c1-10-5-6-13(11(2)8-10)15-18(16,17)12-4-3-7-14-9-12/h3-9,15H,1-2H3. The maximum atomic E-state index is 12.1. The fourth-order valence-corrected chi connectivity index (χ4v) is 2.73. The minimum absolute atomic E-state index is 0.157. The number of hydrogen-bond acceptors (Lipinski definition) is 3. The number of nitrogens with zero attached hydrogens (tertiary/aromatic N) is 1. The lowest BCUT2D eigenvalue weighted by Gasteiger charge is -2.10. The summed E-state index contributed by atoms with van der Waals surface area (Å²) in [5.74, 6) is 0. The third-order valence-electron chi connectivity index (χ3n) is 2.57. The predicted molar refractivity (Wildman–Crippen MR) is 71.0 cm³/mol. The number of aryl methyl sites for hydroxylation is 2. The van der Waals surface area contributed by atoms with Gasteiger partial charge in [0, 0.05) is 12.4 Å². The van der Waals surface area contributed by atoms with Crippen LogP contribution in [0.3, 0.4) is 0 Å². The zero-order chi connectivity index (χ0) is 13.2.